The van der Waals surface area contributed by atoms with Crippen molar-refractivity contribution in [3.63, 3.8) is 0 Å². The van der Waals surface area contributed by atoms with Crippen molar-refractivity contribution in [3.05, 3.63) is 60.2 Å². The molecule has 0 saturated carbocycles. The molecular formula is C25H25NO7. The van der Waals surface area contributed by atoms with Gasteiger partial charge < -0.3 is 19.9 Å². The summed E-state index contributed by atoms with van der Waals surface area (Å²) in [7, 11) is 0. The molecule has 0 bridgehead atoms. The number of carbonyl (C=O) groups is 4. The van der Waals surface area contributed by atoms with Gasteiger partial charge in [-0.25, -0.2) is 4.79 Å². The summed E-state index contributed by atoms with van der Waals surface area (Å²) in [6.45, 7) is 3.22. The number of rotatable bonds is 9. The van der Waals surface area contributed by atoms with Crippen LogP contribution in [0.4, 0.5) is 0 Å². The van der Waals surface area contributed by atoms with E-state index in [4.69, 9.17) is 9.47 Å². The first kappa shape index (κ1) is 23.7. The molecule has 3 rings (SSSR count). The topological polar surface area (TPSA) is 119 Å². The van der Waals surface area contributed by atoms with E-state index in [9.17, 15) is 24.3 Å². The van der Waals surface area contributed by atoms with E-state index < -0.39 is 42.2 Å². The number of nitrogens with one attached hydrogen (secondary N) is 1. The zero-order valence-electron chi connectivity index (χ0n) is 18.4. The predicted molar refractivity (Wildman–Crippen MR) is 122 cm³/mol. The predicted octanol–water partition coefficient (Wildman–Crippen LogP) is 3.31. The van der Waals surface area contributed by atoms with E-state index in [1.165, 1.54) is 0 Å². The molecule has 0 aliphatic rings. The van der Waals surface area contributed by atoms with Gasteiger partial charge in [0.1, 0.15) is 6.04 Å². The first-order valence-electron chi connectivity index (χ1n) is 10.6. The van der Waals surface area contributed by atoms with Crippen LogP contribution < -0.4 is 5.32 Å². The Morgan fingerprint density at radius 1 is 0.879 bits per heavy atom. The molecule has 2 atom stereocenters. The van der Waals surface area contributed by atoms with E-state index >= 15 is 0 Å². The average Bonchev–Trinajstić information content (AvgIpc) is 2.79. The third kappa shape index (κ3) is 5.28. The van der Waals surface area contributed by atoms with Gasteiger partial charge in [0.25, 0.3) is 5.91 Å². The SMILES string of the molecule is CCOC(=O)C[C@@H](C(=O)OCC)[C@@H](NC(=O)c1c2ccccc2cc2ccccc12)C(=O)O. The Morgan fingerprint density at radius 3 is 1.94 bits per heavy atom. The lowest BCUT2D eigenvalue weighted by Crippen LogP contribution is -2.49. The second kappa shape index (κ2) is 10.6. The highest BCUT2D eigenvalue weighted by atomic mass is 16.5. The Hall–Kier alpha value is -3.94. The highest BCUT2D eigenvalue weighted by Gasteiger charge is 2.38. The van der Waals surface area contributed by atoms with E-state index in [1.54, 1.807) is 38.1 Å². The van der Waals surface area contributed by atoms with Gasteiger partial charge in [0, 0.05) is 0 Å². The molecule has 3 aromatic rings. The Kier molecular flexibility index (Phi) is 7.61. The molecule has 0 aromatic heterocycles. The summed E-state index contributed by atoms with van der Waals surface area (Å²) in [4.78, 5) is 50.1. The molecule has 8 nitrogen and oxygen atoms in total. The van der Waals surface area contributed by atoms with Gasteiger partial charge in [-0.2, -0.15) is 0 Å². The van der Waals surface area contributed by atoms with Crippen LogP contribution in [0.5, 0.6) is 0 Å². The fourth-order valence-electron chi connectivity index (χ4n) is 3.79. The van der Waals surface area contributed by atoms with Crippen LogP contribution in [0, 0.1) is 5.92 Å². The first-order valence-corrected chi connectivity index (χ1v) is 10.6. The van der Waals surface area contributed by atoms with Crippen molar-refractivity contribution >= 4 is 45.4 Å². The fourth-order valence-corrected chi connectivity index (χ4v) is 3.79. The molecule has 2 N–H and O–H groups in total. The van der Waals surface area contributed by atoms with Crippen LogP contribution in [0.15, 0.2) is 54.6 Å². The molecule has 1 amide bonds. The van der Waals surface area contributed by atoms with Crippen molar-refractivity contribution in [3.8, 4) is 0 Å². The number of aliphatic carboxylic acids is 1. The summed E-state index contributed by atoms with van der Waals surface area (Å²) >= 11 is 0. The van der Waals surface area contributed by atoms with Crippen molar-refractivity contribution in [2.75, 3.05) is 13.2 Å². The Bertz CT molecular complexity index is 1150. The highest BCUT2D eigenvalue weighted by Crippen LogP contribution is 2.29. The summed E-state index contributed by atoms with van der Waals surface area (Å²) < 4.78 is 9.86. The molecule has 0 aliphatic heterocycles. The average molecular weight is 451 g/mol. The summed E-state index contributed by atoms with van der Waals surface area (Å²) in [6.07, 6.45) is -0.541. The molecule has 0 spiro atoms. The molecule has 0 saturated heterocycles. The van der Waals surface area contributed by atoms with Crippen LogP contribution in [0.3, 0.4) is 0 Å². The van der Waals surface area contributed by atoms with Crippen LogP contribution in [-0.2, 0) is 23.9 Å². The number of hydrogen-bond acceptors (Lipinski definition) is 6. The van der Waals surface area contributed by atoms with Gasteiger partial charge in [-0.15, -0.1) is 0 Å². The standard InChI is InChI=1S/C25H25NO7/c1-3-32-20(27)14-19(25(31)33-4-2)22(24(29)30)26-23(28)21-17-11-7-5-9-15(17)13-16-10-6-8-12-18(16)21/h5-13,19,22H,3-4,14H2,1-2H3,(H,26,28)(H,29,30)/t19-,22-/m1/s1. The number of fused-ring (bicyclic) bond motifs is 2. The maximum absolute atomic E-state index is 13.4. The first-order chi connectivity index (χ1) is 15.9. The molecule has 0 unspecified atom stereocenters. The summed E-state index contributed by atoms with van der Waals surface area (Å²) in [5.74, 6) is -5.25. The quantitative estimate of drug-likeness (QED) is 0.378. The number of esters is 2. The van der Waals surface area contributed by atoms with Gasteiger partial charge >= 0.3 is 17.9 Å². The molecule has 0 heterocycles. The summed E-state index contributed by atoms with van der Waals surface area (Å²) in [5.41, 5.74) is 0.286. The zero-order chi connectivity index (χ0) is 24.0. The smallest absolute Gasteiger partial charge is 0.327 e. The molecule has 0 fully saturated rings. The Labute approximate surface area is 190 Å². The van der Waals surface area contributed by atoms with Crippen LogP contribution in [0.1, 0.15) is 30.6 Å². The number of carbonyl (C=O) groups excluding carboxylic acids is 3. The fraction of sp³-hybridized carbons (Fsp3) is 0.280. The number of carboxylic acids is 1. The van der Waals surface area contributed by atoms with E-state index in [-0.39, 0.29) is 18.8 Å². The molecule has 3 aromatic carbocycles. The Morgan fingerprint density at radius 2 is 1.42 bits per heavy atom. The summed E-state index contributed by atoms with van der Waals surface area (Å²) in [5, 5.41) is 15.2. The van der Waals surface area contributed by atoms with Crippen LogP contribution >= 0.6 is 0 Å². The highest BCUT2D eigenvalue weighted by molar-refractivity contribution is 6.18. The van der Waals surface area contributed by atoms with Crippen molar-refractivity contribution in [2.45, 2.75) is 26.3 Å². The van der Waals surface area contributed by atoms with Gasteiger partial charge in [-0.05, 0) is 41.5 Å². The second-order valence-corrected chi connectivity index (χ2v) is 7.35. The minimum absolute atomic E-state index is 0.00754. The molecule has 8 heteroatoms. The molecular weight excluding hydrogens is 426 g/mol. The normalized spacial score (nSPS) is 12.7. The van der Waals surface area contributed by atoms with Gasteiger partial charge in [0.2, 0.25) is 0 Å². The number of carboxylic acid groups (broad SMARTS) is 1. The van der Waals surface area contributed by atoms with E-state index in [0.717, 1.165) is 10.8 Å². The van der Waals surface area contributed by atoms with Gasteiger partial charge in [0.15, 0.2) is 0 Å². The molecule has 0 radical (unpaired) electrons. The number of hydrogen-bond donors (Lipinski definition) is 2. The van der Waals surface area contributed by atoms with Crippen LogP contribution in [0.25, 0.3) is 21.5 Å². The minimum Gasteiger partial charge on any atom is -0.480 e. The number of amides is 1. The maximum atomic E-state index is 13.4. The van der Waals surface area contributed by atoms with Gasteiger partial charge in [0.05, 0.1) is 31.1 Å². The van der Waals surface area contributed by atoms with Crippen molar-refractivity contribution in [1.82, 2.24) is 5.32 Å². The number of benzene rings is 3. The molecule has 33 heavy (non-hydrogen) atoms. The molecule has 172 valence electrons. The van der Waals surface area contributed by atoms with Crippen molar-refractivity contribution < 1.29 is 33.8 Å². The molecule has 0 aliphatic carbocycles. The van der Waals surface area contributed by atoms with Crippen molar-refractivity contribution in [2.24, 2.45) is 5.92 Å². The van der Waals surface area contributed by atoms with Gasteiger partial charge in [-0.1, -0.05) is 48.5 Å². The largest absolute Gasteiger partial charge is 0.480 e. The monoisotopic (exact) mass is 451 g/mol. The minimum atomic E-state index is -1.70. The van der Waals surface area contributed by atoms with Crippen molar-refractivity contribution in [1.29, 1.82) is 0 Å². The summed E-state index contributed by atoms with van der Waals surface area (Å²) in [6, 6.07) is 14.8. The maximum Gasteiger partial charge on any atom is 0.327 e. The number of ether oxygens (including phenoxy) is 2. The Balaban J connectivity index is 2.04. The van der Waals surface area contributed by atoms with Gasteiger partial charge in [-0.3, -0.25) is 14.4 Å². The van der Waals surface area contributed by atoms with E-state index in [2.05, 4.69) is 5.32 Å². The lowest BCUT2D eigenvalue weighted by Gasteiger charge is -2.23. The van der Waals surface area contributed by atoms with Crippen LogP contribution in [-0.4, -0.2) is 48.2 Å². The lowest BCUT2D eigenvalue weighted by molar-refractivity contribution is -0.159. The van der Waals surface area contributed by atoms with E-state index in [0.29, 0.717) is 10.8 Å². The zero-order valence-corrected chi connectivity index (χ0v) is 18.4. The second-order valence-electron chi connectivity index (χ2n) is 7.35. The third-order valence-electron chi connectivity index (χ3n) is 5.23. The van der Waals surface area contributed by atoms with E-state index in [1.807, 2.05) is 30.3 Å². The lowest BCUT2D eigenvalue weighted by atomic mass is 9.93. The third-order valence-corrected chi connectivity index (χ3v) is 5.23. The van der Waals surface area contributed by atoms with Crippen LogP contribution in [0.2, 0.25) is 0 Å².